The Balaban J connectivity index is 1.86. The van der Waals surface area contributed by atoms with Gasteiger partial charge in [-0.3, -0.25) is 4.79 Å². The van der Waals surface area contributed by atoms with E-state index in [1.165, 1.54) is 0 Å². The average Bonchev–Trinajstić information content (AvgIpc) is 2.48. The third kappa shape index (κ3) is 3.97. The summed E-state index contributed by atoms with van der Waals surface area (Å²) in [5.74, 6) is 1.74. The second kappa shape index (κ2) is 7.29. The van der Waals surface area contributed by atoms with Gasteiger partial charge in [-0.25, -0.2) is 0 Å². The van der Waals surface area contributed by atoms with Gasteiger partial charge < -0.3 is 15.0 Å². The summed E-state index contributed by atoms with van der Waals surface area (Å²) in [5.41, 5.74) is 1.02. The molecule has 1 aliphatic rings. The van der Waals surface area contributed by atoms with Gasteiger partial charge in [-0.05, 0) is 50.0 Å². The van der Waals surface area contributed by atoms with Crippen molar-refractivity contribution in [1.29, 1.82) is 0 Å². The summed E-state index contributed by atoms with van der Waals surface area (Å²) in [4.78, 5) is 14.3. The number of carbonyl (C=O) groups is 1. The molecule has 1 heterocycles. The van der Waals surface area contributed by atoms with Crippen LogP contribution in [0.15, 0.2) is 24.3 Å². The highest BCUT2D eigenvalue weighted by Gasteiger charge is 2.22. The molecule has 1 aromatic carbocycles. The van der Waals surface area contributed by atoms with E-state index in [0.717, 1.165) is 43.8 Å². The standard InChI is InChI=1S/C16H24N2O2/c1-17-12-13-6-8-18(9-7-13)16(19)11-14-4-3-5-15(10-14)20-2/h3-5,10,13,17H,6-9,11-12H2,1-2H3. The monoisotopic (exact) mass is 276 g/mol. The van der Waals surface area contributed by atoms with Crippen molar-refractivity contribution < 1.29 is 9.53 Å². The van der Waals surface area contributed by atoms with Crippen LogP contribution in [0, 0.1) is 5.92 Å². The summed E-state index contributed by atoms with van der Waals surface area (Å²) in [5, 5.41) is 3.22. The van der Waals surface area contributed by atoms with E-state index in [9.17, 15) is 4.79 Å². The fourth-order valence-corrected chi connectivity index (χ4v) is 2.74. The number of hydrogen-bond donors (Lipinski definition) is 1. The summed E-state index contributed by atoms with van der Waals surface area (Å²) < 4.78 is 5.19. The van der Waals surface area contributed by atoms with Crippen LogP contribution in [-0.4, -0.2) is 44.6 Å². The Bertz CT molecular complexity index is 440. The molecule has 0 radical (unpaired) electrons. The van der Waals surface area contributed by atoms with E-state index in [1.807, 2.05) is 36.2 Å². The first kappa shape index (κ1) is 14.9. The molecule has 2 rings (SSSR count). The molecule has 4 heteroatoms. The molecule has 0 atom stereocenters. The van der Waals surface area contributed by atoms with Crippen molar-refractivity contribution in [2.24, 2.45) is 5.92 Å². The Morgan fingerprint density at radius 1 is 1.40 bits per heavy atom. The summed E-state index contributed by atoms with van der Waals surface area (Å²) in [7, 11) is 3.63. The first-order valence-electron chi connectivity index (χ1n) is 7.28. The summed E-state index contributed by atoms with van der Waals surface area (Å²) in [6, 6.07) is 7.75. The molecule has 110 valence electrons. The Morgan fingerprint density at radius 3 is 2.80 bits per heavy atom. The van der Waals surface area contributed by atoms with Crippen LogP contribution in [0.25, 0.3) is 0 Å². The van der Waals surface area contributed by atoms with Gasteiger partial charge in [0.25, 0.3) is 0 Å². The predicted octanol–water partition coefficient (Wildman–Crippen LogP) is 1.70. The first-order chi connectivity index (χ1) is 9.72. The Morgan fingerprint density at radius 2 is 2.15 bits per heavy atom. The van der Waals surface area contributed by atoms with Gasteiger partial charge in [-0.2, -0.15) is 0 Å². The van der Waals surface area contributed by atoms with Crippen molar-refractivity contribution in [3.63, 3.8) is 0 Å². The lowest BCUT2D eigenvalue weighted by Gasteiger charge is -2.32. The maximum absolute atomic E-state index is 12.3. The highest BCUT2D eigenvalue weighted by atomic mass is 16.5. The smallest absolute Gasteiger partial charge is 0.226 e. The average molecular weight is 276 g/mol. The van der Waals surface area contributed by atoms with Crippen molar-refractivity contribution in [2.75, 3.05) is 33.8 Å². The molecule has 0 unspecified atom stereocenters. The molecule has 1 fully saturated rings. The predicted molar refractivity (Wildman–Crippen MR) is 79.9 cm³/mol. The molecule has 0 bridgehead atoms. The minimum atomic E-state index is 0.223. The number of rotatable bonds is 5. The van der Waals surface area contributed by atoms with Crippen LogP contribution in [0.3, 0.4) is 0 Å². The van der Waals surface area contributed by atoms with Crippen molar-refractivity contribution in [3.8, 4) is 5.75 Å². The summed E-state index contributed by atoms with van der Waals surface area (Å²) in [6.45, 7) is 2.82. The zero-order valence-corrected chi connectivity index (χ0v) is 12.4. The Hall–Kier alpha value is -1.55. The molecular formula is C16H24N2O2. The van der Waals surface area contributed by atoms with Gasteiger partial charge in [-0.15, -0.1) is 0 Å². The van der Waals surface area contributed by atoms with Gasteiger partial charge >= 0.3 is 0 Å². The normalized spacial score (nSPS) is 16.2. The molecule has 1 saturated heterocycles. The summed E-state index contributed by atoms with van der Waals surface area (Å²) in [6.07, 6.45) is 2.67. The zero-order chi connectivity index (χ0) is 14.4. The quantitative estimate of drug-likeness (QED) is 0.890. The topological polar surface area (TPSA) is 41.6 Å². The molecule has 1 amide bonds. The van der Waals surface area contributed by atoms with E-state index in [0.29, 0.717) is 12.3 Å². The van der Waals surface area contributed by atoms with E-state index >= 15 is 0 Å². The van der Waals surface area contributed by atoms with Crippen molar-refractivity contribution in [2.45, 2.75) is 19.3 Å². The molecule has 20 heavy (non-hydrogen) atoms. The largest absolute Gasteiger partial charge is 0.497 e. The molecular weight excluding hydrogens is 252 g/mol. The van der Waals surface area contributed by atoms with Gasteiger partial charge in [0.2, 0.25) is 5.91 Å². The molecule has 4 nitrogen and oxygen atoms in total. The zero-order valence-electron chi connectivity index (χ0n) is 12.4. The van der Waals surface area contributed by atoms with Crippen LogP contribution < -0.4 is 10.1 Å². The lowest BCUT2D eigenvalue weighted by Crippen LogP contribution is -2.41. The van der Waals surface area contributed by atoms with E-state index in [-0.39, 0.29) is 5.91 Å². The Labute approximate surface area is 121 Å². The van der Waals surface area contributed by atoms with Crippen molar-refractivity contribution in [3.05, 3.63) is 29.8 Å². The number of piperidine rings is 1. The lowest BCUT2D eigenvalue weighted by atomic mass is 9.96. The molecule has 0 saturated carbocycles. The number of amides is 1. The number of likely N-dealkylation sites (tertiary alicyclic amines) is 1. The van der Waals surface area contributed by atoms with Crippen LogP contribution in [0.4, 0.5) is 0 Å². The van der Waals surface area contributed by atoms with Crippen LogP contribution >= 0.6 is 0 Å². The van der Waals surface area contributed by atoms with Crippen molar-refractivity contribution in [1.82, 2.24) is 10.2 Å². The first-order valence-corrected chi connectivity index (χ1v) is 7.28. The van der Waals surface area contributed by atoms with Gasteiger partial charge in [0.1, 0.15) is 5.75 Å². The van der Waals surface area contributed by atoms with Crippen LogP contribution in [0.1, 0.15) is 18.4 Å². The SMILES string of the molecule is CNCC1CCN(C(=O)Cc2cccc(OC)c2)CC1. The van der Waals surface area contributed by atoms with Crippen molar-refractivity contribution >= 4 is 5.91 Å². The number of benzene rings is 1. The van der Waals surface area contributed by atoms with Crippen LogP contribution in [0.5, 0.6) is 5.75 Å². The van der Waals surface area contributed by atoms with Crippen LogP contribution in [-0.2, 0) is 11.2 Å². The number of hydrogen-bond acceptors (Lipinski definition) is 3. The third-order valence-corrected chi connectivity index (χ3v) is 3.95. The molecule has 0 aliphatic carbocycles. The maximum Gasteiger partial charge on any atom is 0.226 e. The number of nitrogens with zero attached hydrogens (tertiary/aromatic N) is 1. The van der Waals surface area contributed by atoms with Crippen LogP contribution in [0.2, 0.25) is 0 Å². The minimum Gasteiger partial charge on any atom is -0.497 e. The van der Waals surface area contributed by atoms with E-state index in [2.05, 4.69) is 5.32 Å². The molecule has 1 N–H and O–H groups in total. The number of methoxy groups -OCH3 is 1. The maximum atomic E-state index is 12.3. The number of carbonyl (C=O) groups excluding carboxylic acids is 1. The fraction of sp³-hybridized carbons (Fsp3) is 0.562. The van der Waals surface area contributed by atoms with Gasteiger partial charge in [-0.1, -0.05) is 12.1 Å². The lowest BCUT2D eigenvalue weighted by molar-refractivity contribution is -0.131. The Kier molecular flexibility index (Phi) is 5.41. The van der Waals surface area contributed by atoms with E-state index < -0.39 is 0 Å². The van der Waals surface area contributed by atoms with Gasteiger partial charge in [0.05, 0.1) is 13.5 Å². The third-order valence-electron chi connectivity index (χ3n) is 3.95. The number of ether oxygens (including phenoxy) is 1. The highest BCUT2D eigenvalue weighted by molar-refractivity contribution is 5.79. The second-order valence-electron chi connectivity index (χ2n) is 5.41. The van der Waals surface area contributed by atoms with Gasteiger partial charge in [0.15, 0.2) is 0 Å². The van der Waals surface area contributed by atoms with E-state index in [1.54, 1.807) is 7.11 Å². The molecule has 1 aromatic rings. The summed E-state index contributed by atoms with van der Waals surface area (Å²) >= 11 is 0. The molecule has 1 aliphatic heterocycles. The fourth-order valence-electron chi connectivity index (χ4n) is 2.74. The van der Waals surface area contributed by atoms with Gasteiger partial charge in [0, 0.05) is 13.1 Å². The molecule has 0 aromatic heterocycles. The second-order valence-corrected chi connectivity index (χ2v) is 5.41. The minimum absolute atomic E-state index is 0.223. The number of nitrogens with one attached hydrogen (secondary N) is 1. The van der Waals surface area contributed by atoms with E-state index in [4.69, 9.17) is 4.74 Å². The molecule has 0 spiro atoms. The highest BCUT2D eigenvalue weighted by Crippen LogP contribution is 2.18.